The van der Waals surface area contributed by atoms with Gasteiger partial charge in [-0.05, 0) is 13.3 Å². The second kappa shape index (κ2) is 5.79. The molecule has 1 aromatic rings. The van der Waals surface area contributed by atoms with Crippen molar-refractivity contribution in [2.75, 3.05) is 11.9 Å². The van der Waals surface area contributed by atoms with E-state index in [0.717, 1.165) is 0 Å². The number of carbonyl (C=O) groups excluding carboxylic acids is 3. The third kappa shape index (κ3) is 3.08. The van der Waals surface area contributed by atoms with E-state index in [2.05, 4.69) is 15.6 Å². The molecule has 0 aliphatic carbocycles. The zero-order valence-electron chi connectivity index (χ0n) is 10.3. The lowest BCUT2D eigenvalue weighted by atomic mass is 10.1. The van der Waals surface area contributed by atoms with Crippen LogP contribution in [0.5, 0.6) is 0 Å². The smallest absolute Gasteiger partial charge is 0.360 e. The van der Waals surface area contributed by atoms with Crippen LogP contribution in [-0.4, -0.2) is 35.4 Å². The maximum atomic E-state index is 11.6. The van der Waals surface area contributed by atoms with Crippen LogP contribution >= 0.6 is 11.3 Å². The van der Waals surface area contributed by atoms with Crippen molar-refractivity contribution in [2.45, 2.75) is 25.8 Å². The number of esters is 1. The van der Waals surface area contributed by atoms with E-state index in [1.165, 1.54) is 16.8 Å². The first-order chi connectivity index (χ1) is 9.11. The Labute approximate surface area is 113 Å². The van der Waals surface area contributed by atoms with E-state index in [1.54, 1.807) is 6.92 Å². The second-order valence-electron chi connectivity index (χ2n) is 3.90. The molecule has 8 heteroatoms. The van der Waals surface area contributed by atoms with Crippen molar-refractivity contribution >= 4 is 34.1 Å². The molecule has 1 aromatic heterocycles. The molecule has 102 valence electrons. The summed E-state index contributed by atoms with van der Waals surface area (Å²) in [5.74, 6) is -1.20. The summed E-state index contributed by atoms with van der Waals surface area (Å²) in [6.07, 6.45) is 0.668. The number of rotatable bonds is 4. The van der Waals surface area contributed by atoms with Gasteiger partial charge in [0.1, 0.15) is 11.0 Å². The van der Waals surface area contributed by atoms with Gasteiger partial charge in [-0.25, -0.2) is 9.78 Å². The molecule has 0 aromatic carbocycles. The molecule has 1 aliphatic rings. The van der Waals surface area contributed by atoms with Gasteiger partial charge in [-0.3, -0.25) is 14.9 Å². The SMILES string of the molecule is CCOC(=O)c1ncsc1NC1CCC(=O)NC1=O. The number of nitrogens with one attached hydrogen (secondary N) is 2. The van der Waals surface area contributed by atoms with Crippen LogP contribution in [0.2, 0.25) is 0 Å². The monoisotopic (exact) mass is 283 g/mol. The normalized spacial score (nSPS) is 18.9. The van der Waals surface area contributed by atoms with Crippen molar-refractivity contribution in [1.82, 2.24) is 10.3 Å². The highest BCUT2D eigenvalue weighted by atomic mass is 32.1. The molecule has 0 saturated carbocycles. The number of nitrogens with zero attached hydrogens (tertiary/aromatic N) is 1. The maximum Gasteiger partial charge on any atom is 0.360 e. The van der Waals surface area contributed by atoms with E-state index in [0.29, 0.717) is 11.4 Å². The summed E-state index contributed by atoms with van der Waals surface area (Å²) in [5.41, 5.74) is 1.66. The average Bonchev–Trinajstić information content (AvgIpc) is 2.81. The summed E-state index contributed by atoms with van der Waals surface area (Å²) in [4.78, 5) is 38.2. The zero-order valence-corrected chi connectivity index (χ0v) is 11.1. The fourth-order valence-corrected chi connectivity index (χ4v) is 2.40. The lowest BCUT2D eigenvalue weighted by molar-refractivity contribution is -0.133. The van der Waals surface area contributed by atoms with Crippen molar-refractivity contribution in [3.63, 3.8) is 0 Å². The number of piperidine rings is 1. The maximum absolute atomic E-state index is 11.6. The molecule has 1 fully saturated rings. The van der Waals surface area contributed by atoms with E-state index in [-0.39, 0.29) is 30.5 Å². The van der Waals surface area contributed by atoms with Gasteiger partial charge in [-0.1, -0.05) is 0 Å². The van der Waals surface area contributed by atoms with E-state index >= 15 is 0 Å². The highest BCUT2D eigenvalue weighted by Crippen LogP contribution is 2.23. The predicted molar refractivity (Wildman–Crippen MR) is 67.9 cm³/mol. The van der Waals surface area contributed by atoms with Crippen molar-refractivity contribution < 1.29 is 19.1 Å². The van der Waals surface area contributed by atoms with Gasteiger partial charge in [0.25, 0.3) is 0 Å². The van der Waals surface area contributed by atoms with Gasteiger partial charge < -0.3 is 10.1 Å². The molecule has 1 saturated heterocycles. The summed E-state index contributed by atoms with van der Waals surface area (Å²) in [6, 6.07) is -0.536. The van der Waals surface area contributed by atoms with E-state index < -0.39 is 12.0 Å². The minimum absolute atomic E-state index is 0.163. The van der Waals surface area contributed by atoms with Crippen LogP contribution in [0.3, 0.4) is 0 Å². The molecule has 19 heavy (non-hydrogen) atoms. The number of amides is 2. The molecule has 1 atom stereocenters. The number of aromatic nitrogens is 1. The summed E-state index contributed by atoms with van der Waals surface area (Å²) >= 11 is 1.21. The molecule has 2 heterocycles. The molecule has 2 N–H and O–H groups in total. The highest BCUT2D eigenvalue weighted by Gasteiger charge is 2.28. The van der Waals surface area contributed by atoms with E-state index in [9.17, 15) is 14.4 Å². The topological polar surface area (TPSA) is 97.4 Å². The number of hydrogen-bond donors (Lipinski definition) is 2. The average molecular weight is 283 g/mol. The Hall–Kier alpha value is -1.96. The van der Waals surface area contributed by atoms with Gasteiger partial charge in [0.2, 0.25) is 11.8 Å². The Morgan fingerprint density at radius 2 is 2.42 bits per heavy atom. The van der Waals surface area contributed by atoms with Gasteiger partial charge >= 0.3 is 5.97 Å². The molecule has 1 aliphatic heterocycles. The Balaban J connectivity index is 2.07. The van der Waals surface area contributed by atoms with E-state index in [1.807, 2.05) is 0 Å². The van der Waals surface area contributed by atoms with Crippen LogP contribution in [-0.2, 0) is 14.3 Å². The largest absolute Gasteiger partial charge is 0.461 e. The van der Waals surface area contributed by atoms with Crippen molar-refractivity contribution in [3.05, 3.63) is 11.2 Å². The van der Waals surface area contributed by atoms with Crippen LogP contribution in [0.1, 0.15) is 30.3 Å². The fraction of sp³-hybridized carbons (Fsp3) is 0.455. The number of imide groups is 1. The number of carbonyl (C=O) groups is 3. The van der Waals surface area contributed by atoms with Crippen LogP contribution in [0, 0.1) is 0 Å². The van der Waals surface area contributed by atoms with Crippen molar-refractivity contribution in [2.24, 2.45) is 0 Å². The zero-order chi connectivity index (χ0) is 13.8. The minimum Gasteiger partial charge on any atom is -0.461 e. The van der Waals surface area contributed by atoms with Gasteiger partial charge in [0.15, 0.2) is 5.69 Å². The minimum atomic E-state index is -0.536. The van der Waals surface area contributed by atoms with E-state index in [4.69, 9.17) is 4.74 Å². The Kier molecular flexibility index (Phi) is 4.10. The number of thiazole rings is 1. The molecule has 2 amide bonds. The fourth-order valence-electron chi connectivity index (χ4n) is 1.68. The third-order valence-electron chi connectivity index (χ3n) is 2.58. The first-order valence-corrected chi connectivity index (χ1v) is 6.70. The molecular weight excluding hydrogens is 270 g/mol. The lowest BCUT2D eigenvalue weighted by Crippen LogP contribution is -2.47. The quantitative estimate of drug-likeness (QED) is 0.618. The van der Waals surface area contributed by atoms with Gasteiger partial charge in [-0.2, -0.15) is 0 Å². The molecule has 7 nitrogen and oxygen atoms in total. The lowest BCUT2D eigenvalue weighted by Gasteiger charge is -2.22. The number of hydrogen-bond acceptors (Lipinski definition) is 7. The summed E-state index contributed by atoms with van der Waals surface area (Å²) in [6.45, 7) is 1.96. The molecular formula is C11H13N3O4S. The highest BCUT2D eigenvalue weighted by molar-refractivity contribution is 7.14. The summed E-state index contributed by atoms with van der Waals surface area (Å²) in [5, 5.41) is 5.65. The van der Waals surface area contributed by atoms with Crippen molar-refractivity contribution in [3.8, 4) is 0 Å². The standard InChI is InChI=1S/C11H13N3O4S/c1-2-18-11(17)8-10(19-5-12-8)13-6-3-4-7(15)14-9(6)16/h5-6,13H,2-4H2,1H3,(H,14,15,16). The van der Waals surface area contributed by atoms with Gasteiger partial charge in [0, 0.05) is 6.42 Å². The van der Waals surface area contributed by atoms with Gasteiger partial charge in [0.05, 0.1) is 12.1 Å². The van der Waals surface area contributed by atoms with Crippen molar-refractivity contribution in [1.29, 1.82) is 0 Å². The Morgan fingerprint density at radius 1 is 1.63 bits per heavy atom. The van der Waals surface area contributed by atoms with Crippen LogP contribution in [0.4, 0.5) is 5.00 Å². The molecule has 1 unspecified atom stereocenters. The molecule has 0 radical (unpaired) electrons. The second-order valence-corrected chi connectivity index (χ2v) is 4.75. The molecule has 2 rings (SSSR count). The summed E-state index contributed by atoms with van der Waals surface area (Å²) in [7, 11) is 0. The third-order valence-corrected chi connectivity index (χ3v) is 3.34. The number of anilines is 1. The predicted octanol–water partition coefficient (Wildman–Crippen LogP) is 0.537. The first kappa shape index (κ1) is 13.5. The first-order valence-electron chi connectivity index (χ1n) is 5.82. The molecule has 0 bridgehead atoms. The summed E-state index contributed by atoms with van der Waals surface area (Å²) < 4.78 is 4.87. The molecule has 0 spiro atoms. The Bertz CT molecular complexity index is 514. The number of ether oxygens (including phenoxy) is 1. The van der Waals surface area contributed by atoms with Crippen LogP contribution in [0.25, 0.3) is 0 Å². The Morgan fingerprint density at radius 3 is 3.11 bits per heavy atom. The van der Waals surface area contributed by atoms with Gasteiger partial charge in [-0.15, -0.1) is 11.3 Å². The van der Waals surface area contributed by atoms with Crippen LogP contribution in [0.15, 0.2) is 5.51 Å². The van der Waals surface area contributed by atoms with Crippen LogP contribution < -0.4 is 10.6 Å².